The Hall–Kier alpha value is -1.55. The maximum atomic E-state index is 11.9. The summed E-state index contributed by atoms with van der Waals surface area (Å²) >= 11 is 0. The minimum Gasteiger partial charge on any atom is -0.491 e. The number of rotatable bonds is 7. The zero-order valence-corrected chi connectivity index (χ0v) is 12.8. The smallest absolute Gasteiger partial charge is 0.227 e. The molecule has 0 fully saturated rings. The molecule has 1 atom stereocenters. The minimum atomic E-state index is -0.625. The van der Waals surface area contributed by atoms with Gasteiger partial charge in [0.1, 0.15) is 5.75 Å². The molecule has 0 aliphatic heterocycles. The van der Waals surface area contributed by atoms with Gasteiger partial charge in [-0.2, -0.15) is 0 Å². The van der Waals surface area contributed by atoms with Gasteiger partial charge >= 0.3 is 0 Å². The molecular weight excluding hydrogens is 254 g/mol. The van der Waals surface area contributed by atoms with Gasteiger partial charge < -0.3 is 15.2 Å². The number of ether oxygens (including phenoxy) is 1. The lowest BCUT2D eigenvalue weighted by atomic mass is 10.0. The van der Waals surface area contributed by atoms with E-state index in [-0.39, 0.29) is 18.2 Å². The van der Waals surface area contributed by atoms with Gasteiger partial charge in [0.15, 0.2) is 0 Å². The summed E-state index contributed by atoms with van der Waals surface area (Å²) in [7, 11) is 0. The van der Waals surface area contributed by atoms with Gasteiger partial charge in [-0.05, 0) is 37.0 Å². The lowest BCUT2D eigenvalue weighted by molar-refractivity contribution is -0.118. The zero-order valence-electron chi connectivity index (χ0n) is 12.8. The summed E-state index contributed by atoms with van der Waals surface area (Å²) in [4.78, 5) is 11.9. The first kappa shape index (κ1) is 16.5. The third-order valence-corrected chi connectivity index (χ3v) is 3.04. The molecule has 1 rings (SSSR count). The highest BCUT2D eigenvalue weighted by atomic mass is 16.5. The Kier molecular flexibility index (Phi) is 6.52. The van der Waals surface area contributed by atoms with E-state index < -0.39 is 6.10 Å². The number of benzene rings is 1. The minimum absolute atomic E-state index is 0.0644. The first-order valence-corrected chi connectivity index (χ1v) is 7.15. The van der Waals surface area contributed by atoms with Gasteiger partial charge in [0.05, 0.1) is 24.8 Å². The summed E-state index contributed by atoms with van der Waals surface area (Å²) in [6.07, 6.45) is 0.382. The Morgan fingerprint density at radius 1 is 1.40 bits per heavy atom. The number of aliphatic hydroxyl groups is 1. The second-order valence-corrected chi connectivity index (χ2v) is 5.41. The Balaban J connectivity index is 2.73. The van der Waals surface area contributed by atoms with Crippen LogP contribution >= 0.6 is 0 Å². The number of hydrogen-bond acceptors (Lipinski definition) is 3. The number of nitrogens with one attached hydrogen (secondary N) is 1. The van der Waals surface area contributed by atoms with Crippen LogP contribution in [0.3, 0.4) is 0 Å². The number of anilines is 1. The normalized spacial score (nSPS) is 12.3. The lowest BCUT2D eigenvalue weighted by Gasteiger charge is -2.16. The highest BCUT2D eigenvalue weighted by Crippen LogP contribution is 2.26. The van der Waals surface area contributed by atoms with Gasteiger partial charge in [0, 0.05) is 0 Å². The quantitative estimate of drug-likeness (QED) is 0.806. The predicted molar refractivity (Wildman–Crippen MR) is 81.1 cm³/mol. The molecule has 0 aromatic heterocycles. The van der Waals surface area contributed by atoms with E-state index >= 15 is 0 Å². The molecular formula is C16H25NO3. The van der Waals surface area contributed by atoms with Crippen molar-refractivity contribution in [3.05, 3.63) is 23.8 Å². The zero-order chi connectivity index (χ0) is 15.1. The van der Waals surface area contributed by atoms with E-state index in [1.54, 1.807) is 0 Å². The van der Waals surface area contributed by atoms with Crippen LogP contribution in [0.4, 0.5) is 5.69 Å². The van der Waals surface area contributed by atoms with Crippen LogP contribution in [0.25, 0.3) is 0 Å². The third-order valence-electron chi connectivity index (χ3n) is 3.04. The molecule has 1 aromatic rings. The van der Waals surface area contributed by atoms with E-state index in [0.717, 1.165) is 12.0 Å². The molecule has 0 saturated heterocycles. The number of carbonyl (C=O) groups is 1. The van der Waals surface area contributed by atoms with E-state index in [1.807, 2.05) is 45.9 Å². The number of aryl methyl sites for hydroxylation is 1. The van der Waals surface area contributed by atoms with Crippen molar-refractivity contribution in [2.75, 3.05) is 11.9 Å². The molecule has 1 aromatic carbocycles. The van der Waals surface area contributed by atoms with Gasteiger partial charge in [0.25, 0.3) is 0 Å². The highest BCUT2D eigenvalue weighted by molar-refractivity contribution is 5.92. The summed E-state index contributed by atoms with van der Waals surface area (Å²) in [6.45, 7) is 8.40. The van der Waals surface area contributed by atoms with E-state index in [9.17, 15) is 9.90 Å². The molecule has 1 amide bonds. The fourth-order valence-electron chi connectivity index (χ4n) is 1.69. The van der Waals surface area contributed by atoms with Gasteiger partial charge in [-0.15, -0.1) is 0 Å². The molecule has 2 N–H and O–H groups in total. The van der Waals surface area contributed by atoms with Crippen molar-refractivity contribution < 1.29 is 14.6 Å². The average molecular weight is 279 g/mol. The molecule has 112 valence electrons. The van der Waals surface area contributed by atoms with Crippen molar-refractivity contribution in [3.63, 3.8) is 0 Å². The lowest BCUT2D eigenvalue weighted by Crippen LogP contribution is -2.23. The summed E-state index contributed by atoms with van der Waals surface area (Å²) < 4.78 is 5.64. The third kappa shape index (κ3) is 5.21. The molecule has 4 nitrogen and oxygen atoms in total. The Bertz CT molecular complexity index is 443. The standard InChI is InChI=1S/C16H25NO3/c1-5-8-20-15-9-12(4)6-7-13(15)17-16(19)10-14(18)11(2)3/h6-7,9,11,14,18H,5,8,10H2,1-4H3,(H,17,19). The van der Waals surface area contributed by atoms with Crippen molar-refractivity contribution in [2.45, 2.75) is 46.6 Å². The Morgan fingerprint density at radius 2 is 2.10 bits per heavy atom. The number of carbonyl (C=O) groups excluding carboxylic acids is 1. The monoisotopic (exact) mass is 279 g/mol. The Labute approximate surface area is 121 Å². The van der Waals surface area contributed by atoms with Gasteiger partial charge in [0.2, 0.25) is 5.91 Å². The highest BCUT2D eigenvalue weighted by Gasteiger charge is 2.15. The molecule has 0 spiro atoms. The molecule has 20 heavy (non-hydrogen) atoms. The van der Waals surface area contributed by atoms with Crippen molar-refractivity contribution in [2.24, 2.45) is 5.92 Å². The Morgan fingerprint density at radius 3 is 2.70 bits per heavy atom. The molecule has 0 bridgehead atoms. The van der Waals surface area contributed by atoms with Crippen molar-refractivity contribution >= 4 is 11.6 Å². The van der Waals surface area contributed by atoms with Crippen LogP contribution in [0.2, 0.25) is 0 Å². The average Bonchev–Trinajstić information content (AvgIpc) is 2.38. The van der Waals surface area contributed by atoms with E-state index in [0.29, 0.717) is 18.0 Å². The SMILES string of the molecule is CCCOc1cc(C)ccc1NC(=O)CC(O)C(C)C. The number of amides is 1. The van der Waals surface area contributed by atoms with Crippen LogP contribution in [-0.2, 0) is 4.79 Å². The second kappa shape index (κ2) is 7.90. The number of hydrogen-bond donors (Lipinski definition) is 2. The molecule has 0 aliphatic rings. The fraction of sp³-hybridized carbons (Fsp3) is 0.562. The van der Waals surface area contributed by atoms with Crippen LogP contribution in [0.5, 0.6) is 5.75 Å². The second-order valence-electron chi connectivity index (χ2n) is 5.41. The van der Waals surface area contributed by atoms with Crippen LogP contribution in [0.15, 0.2) is 18.2 Å². The molecule has 1 unspecified atom stereocenters. The predicted octanol–water partition coefficient (Wildman–Crippen LogP) is 3.13. The topological polar surface area (TPSA) is 58.6 Å². The van der Waals surface area contributed by atoms with Crippen LogP contribution in [0, 0.1) is 12.8 Å². The van der Waals surface area contributed by atoms with E-state index in [2.05, 4.69) is 5.32 Å². The summed E-state index contributed by atoms with van der Waals surface area (Å²) in [5.41, 5.74) is 1.74. The van der Waals surface area contributed by atoms with E-state index in [1.165, 1.54) is 0 Å². The summed E-state index contributed by atoms with van der Waals surface area (Å²) in [5, 5.41) is 12.5. The molecule has 4 heteroatoms. The number of aliphatic hydroxyl groups excluding tert-OH is 1. The van der Waals surface area contributed by atoms with Crippen LogP contribution in [-0.4, -0.2) is 23.7 Å². The summed E-state index contributed by atoms with van der Waals surface area (Å²) in [5.74, 6) is 0.546. The molecule has 0 aliphatic carbocycles. The first-order valence-electron chi connectivity index (χ1n) is 7.15. The van der Waals surface area contributed by atoms with Crippen molar-refractivity contribution in [1.29, 1.82) is 0 Å². The van der Waals surface area contributed by atoms with Gasteiger partial charge in [-0.3, -0.25) is 4.79 Å². The molecule has 0 saturated carbocycles. The first-order chi connectivity index (χ1) is 9.43. The fourth-order valence-corrected chi connectivity index (χ4v) is 1.69. The van der Waals surface area contributed by atoms with Crippen molar-refractivity contribution in [3.8, 4) is 5.75 Å². The summed E-state index contributed by atoms with van der Waals surface area (Å²) in [6, 6.07) is 5.66. The molecule has 0 radical (unpaired) electrons. The van der Waals surface area contributed by atoms with Crippen LogP contribution < -0.4 is 10.1 Å². The van der Waals surface area contributed by atoms with Crippen molar-refractivity contribution in [1.82, 2.24) is 0 Å². The maximum absolute atomic E-state index is 11.9. The van der Waals surface area contributed by atoms with E-state index in [4.69, 9.17) is 4.74 Å². The van der Waals surface area contributed by atoms with Gasteiger partial charge in [-0.1, -0.05) is 26.8 Å². The maximum Gasteiger partial charge on any atom is 0.227 e. The van der Waals surface area contributed by atoms with Gasteiger partial charge in [-0.25, -0.2) is 0 Å². The largest absolute Gasteiger partial charge is 0.491 e. The molecule has 0 heterocycles. The van der Waals surface area contributed by atoms with Crippen LogP contribution in [0.1, 0.15) is 39.2 Å².